The van der Waals surface area contributed by atoms with Gasteiger partial charge in [-0.3, -0.25) is 4.79 Å². The van der Waals surface area contributed by atoms with E-state index in [1.54, 1.807) is 0 Å². The number of aliphatic carboxylic acids is 1. The van der Waals surface area contributed by atoms with Gasteiger partial charge in [0.05, 0.1) is 6.42 Å². The molecular weight excluding hydrogens is 236 g/mol. The molecule has 0 aromatic heterocycles. The molecule has 0 heterocycles. The van der Waals surface area contributed by atoms with Crippen LogP contribution < -0.4 is 0 Å². The zero-order valence-electron chi connectivity index (χ0n) is 11.3. The first-order valence-electron chi connectivity index (χ1n) is 6.42. The Balaban J connectivity index is 2.48. The minimum absolute atomic E-state index is 0.0846. The fourth-order valence-electron chi connectivity index (χ4n) is 2.40. The fraction of sp³-hybridized carbons (Fsp3) is 0.235. The van der Waals surface area contributed by atoms with Crippen LogP contribution in [0.25, 0.3) is 0 Å². The minimum Gasteiger partial charge on any atom is -0.481 e. The molecule has 0 fully saturated rings. The van der Waals surface area contributed by atoms with E-state index < -0.39 is 5.97 Å². The third-order valence-electron chi connectivity index (χ3n) is 3.39. The first-order valence-corrected chi connectivity index (χ1v) is 6.42. The van der Waals surface area contributed by atoms with Gasteiger partial charge in [0.15, 0.2) is 0 Å². The lowest BCUT2D eigenvalue weighted by Gasteiger charge is -2.19. The van der Waals surface area contributed by atoms with E-state index >= 15 is 0 Å². The van der Waals surface area contributed by atoms with Crippen LogP contribution in [-0.2, 0) is 4.79 Å². The van der Waals surface area contributed by atoms with Crippen molar-refractivity contribution in [3.05, 3.63) is 70.8 Å². The standard InChI is InChI=1S/C17H18O2/c1-12-8-9-13(2)15(10-12)16(11-17(18)19)14-6-4-3-5-7-14/h3-10,16H,11H2,1-2H3,(H,18,19). The lowest BCUT2D eigenvalue weighted by atomic mass is 9.85. The van der Waals surface area contributed by atoms with Gasteiger partial charge in [0.25, 0.3) is 0 Å². The average Bonchev–Trinajstić information content (AvgIpc) is 2.40. The summed E-state index contributed by atoms with van der Waals surface area (Å²) in [5.41, 5.74) is 4.46. The minimum atomic E-state index is -0.769. The molecule has 0 saturated carbocycles. The van der Waals surface area contributed by atoms with E-state index in [1.165, 1.54) is 0 Å². The van der Waals surface area contributed by atoms with Crippen LogP contribution in [0.2, 0.25) is 0 Å². The summed E-state index contributed by atoms with van der Waals surface area (Å²) in [5.74, 6) is -0.853. The Hall–Kier alpha value is -2.09. The van der Waals surface area contributed by atoms with Crippen LogP contribution in [0.5, 0.6) is 0 Å². The quantitative estimate of drug-likeness (QED) is 0.898. The van der Waals surface area contributed by atoms with Gasteiger partial charge >= 0.3 is 5.97 Å². The van der Waals surface area contributed by atoms with Gasteiger partial charge < -0.3 is 5.11 Å². The second-order valence-electron chi connectivity index (χ2n) is 4.92. The predicted molar refractivity (Wildman–Crippen MR) is 76.5 cm³/mol. The van der Waals surface area contributed by atoms with E-state index in [9.17, 15) is 4.79 Å². The zero-order chi connectivity index (χ0) is 13.8. The predicted octanol–water partition coefficient (Wildman–Crippen LogP) is 3.91. The number of aryl methyl sites for hydroxylation is 2. The summed E-state index contributed by atoms with van der Waals surface area (Å²) >= 11 is 0. The maximum atomic E-state index is 11.2. The van der Waals surface area contributed by atoms with Gasteiger partial charge in [-0.15, -0.1) is 0 Å². The molecule has 0 aliphatic rings. The number of rotatable bonds is 4. The molecule has 2 nitrogen and oxygen atoms in total. The molecule has 0 bridgehead atoms. The van der Waals surface area contributed by atoms with Crippen molar-refractivity contribution in [3.63, 3.8) is 0 Å². The summed E-state index contributed by atoms with van der Waals surface area (Å²) in [5, 5.41) is 9.17. The van der Waals surface area contributed by atoms with Crippen molar-refractivity contribution in [3.8, 4) is 0 Å². The molecule has 0 radical (unpaired) electrons. The molecule has 0 amide bonds. The van der Waals surface area contributed by atoms with Crippen LogP contribution >= 0.6 is 0 Å². The van der Waals surface area contributed by atoms with Gasteiger partial charge in [-0.1, -0.05) is 54.1 Å². The first kappa shape index (κ1) is 13.3. The third kappa shape index (κ3) is 3.22. The number of carboxylic acids is 1. The highest BCUT2D eigenvalue weighted by Crippen LogP contribution is 2.30. The highest BCUT2D eigenvalue weighted by Gasteiger charge is 2.19. The van der Waals surface area contributed by atoms with Gasteiger partial charge in [0.1, 0.15) is 0 Å². The molecule has 2 aromatic rings. The lowest BCUT2D eigenvalue weighted by molar-refractivity contribution is -0.137. The van der Waals surface area contributed by atoms with Gasteiger partial charge in [0, 0.05) is 5.92 Å². The van der Waals surface area contributed by atoms with Crippen molar-refractivity contribution >= 4 is 5.97 Å². The molecule has 1 atom stereocenters. The second kappa shape index (κ2) is 5.70. The monoisotopic (exact) mass is 254 g/mol. The summed E-state index contributed by atoms with van der Waals surface area (Å²) in [4.78, 5) is 11.2. The smallest absolute Gasteiger partial charge is 0.304 e. The molecule has 2 aromatic carbocycles. The van der Waals surface area contributed by atoms with Crippen molar-refractivity contribution in [2.45, 2.75) is 26.2 Å². The summed E-state index contributed by atoms with van der Waals surface area (Å²) in [6.07, 6.45) is 0.119. The maximum absolute atomic E-state index is 11.2. The van der Waals surface area contributed by atoms with E-state index in [4.69, 9.17) is 5.11 Å². The molecule has 2 heteroatoms. The summed E-state index contributed by atoms with van der Waals surface area (Å²) in [7, 11) is 0. The number of carboxylic acid groups (broad SMARTS) is 1. The molecular formula is C17H18O2. The largest absolute Gasteiger partial charge is 0.481 e. The Morgan fingerprint density at radius 1 is 1.11 bits per heavy atom. The summed E-state index contributed by atoms with van der Waals surface area (Å²) in [6, 6.07) is 16.1. The normalized spacial score (nSPS) is 12.1. The van der Waals surface area contributed by atoms with Crippen molar-refractivity contribution in [1.82, 2.24) is 0 Å². The highest BCUT2D eigenvalue weighted by atomic mass is 16.4. The average molecular weight is 254 g/mol. The van der Waals surface area contributed by atoms with E-state index in [0.717, 1.165) is 22.3 Å². The molecule has 2 rings (SSSR count). The lowest BCUT2D eigenvalue weighted by Crippen LogP contribution is -2.09. The van der Waals surface area contributed by atoms with Gasteiger partial charge in [-0.05, 0) is 30.5 Å². The number of carbonyl (C=O) groups is 1. The number of hydrogen-bond acceptors (Lipinski definition) is 1. The first-order chi connectivity index (χ1) is 9.08. The molecule has 0 aliphatic heterocycles. The second-order valence-corrected chi connectivity index (χ2v) is 4.92. The fourth-order valence-corrected chi connectivity index (χ4v) is 2.40. The molecule has 1 N–H and O–H groups in total. The third-order valence-corrected chi connectivity index (χ3v) is 3.39. The van der Waals surface area contributed by atoms with Crippen LogP contribution in [0.3, 0.4) is 0 Å². The molecule has 1 unspecified atom stereocenters. The van der Waals surface area contributed by atoms with Crippen LogP contribution in [-0.4, -0.2) is 11.1 Å². The molecule has 0 aliphatic carbocycles. The summed E-state index contributed by atoms with van der Waals surface area (Å²) in [6.45, 7) is 4.07. The molecule has 0 spiro atoms. The van der Waals surface area contributed by atoms with E-state index in [1.807, 2.05) is 44.2 Å². The molecule has 19 heavy (non-hydrogen) atoms. The van der Waals surface area contributed by atoms with Crippen molar-refractivity contribution in [1.29, 1.82) is 0 Å². The van der Waals surface area contributed by atoms with Crippen LogP contribution in [0.1, 0.15) is 34.6 Å². The van der Waals surface area contributed by atoms with Gasteiger partial charge in [-0.25, -0.2) is 0 Å². The van der Waals surface area contributed by atoms with E-state index in [-0.39, 0.29) is 12.3 Å². The molecule has 0 saturated heterocycles. The Bertz CT molecular complexity index is 573. The maximum Gasteiger partial charge on any atom is 0.304 e. The Morgan fingerprint density at radius 3 is 2.42 bits per heavy atom. The van der Waals surface area contributed by atoms with Gasteiger partial charge in [0.2, 0.25) is 0 Å². The topological polar surface area (TPSA) is 37.3 Å². The van der Waals surface area contributed by atoms with Crippen molar-refractivity contribution in [2.75, 3.05) is 0 Å². The zero-order valence-corrected chi connectivity index (χ0v) is 11.3. The Morgan fingerprint density at radius 2 is 1.79 bits per heavy atom. The number of hydrogen-bond donors (Lipinski definition) is 1. The van der Waals surface area contributed by atoms with E-state index in [2.05, 4.69) is 18.2 Å². The van der Waals surface area contributed by atoms with Crippen LogP contribution in [0.4, 0.5) is 0 Å². The number of benzene rings is 2. The Labute approximate surface area is 113 Å². The molecule has 98 valence electrons. The van der Waals surface area contributed by atoms with Crippen molar-refractivity contribution in [2.24, 2.45) is 0 Å². The van der Waals surface area contributed by atoms with E-state index in [0.29, 0.717) is 0 Å². The highest BCUT2D eigenvalue weighted by molar-refractivity contribution is 5.69. The summed E-state index contributed by atoms with van der Waals surface area (Å²) < 4.78 is 0. The van der Waals surface area contributed by atoms with Gasteiger partial charge in [-0.2, -0.15) is 0 Å². The van der Waals surface area contributed by atoms with Crippen molar-refractivity contribution < 1.29 is 9.90 Å². The Kier molecular flexibility index (Phi) is 4.00. The van der Waals surface area contributed by atoms with Crippen LogP contribution in [0, 0.1) is 13.8 Å². The van der Waals surface area contributed by atoms with Crippen LogP contribution in [0.15, 0.2) is 48.5 Å². The SMILES string of the molecule is Cc1ccc(C)c(C(CC(=O)O)c2ccccc2)c1.